The van der Waals surface area contributed by atoms with Crippen molar-refractivity contribution in [1.29, 1.82) is 5.26 Å². The van der Waals surface area contributed by atoms with Crippen molar-refractivity contribution in [3.8, 4) is 17.7 Å². The lowest BCUT2D eigenvalue weighted by atomic mass is 10.1. The van der Waals surface area contributed by atoms with Crippen LogP contribution in [0, 0.1) is 18.3 Å². The van der Waals surface area contributed by atoms with Gasteiger partial charge in [-0.05, 0) is 71.8 Å². The van der Waals surface area contributed by atoms with Crippen molar-refractivity contribution in [3.63, 3.8) is 0 Å². The molecule has 1 aliphatic heterocycles. The molecule has 0 unspecified atom stereocenters. The number of likely N-dealkylation sites (tertiary alicyclic amines) is 1. The second-order valence-corrected chi connectivity index (χ2v) is 15.8. The van der Waals surface area contributed by atoms with E-state index in [2.05, 4.69) is 36.1 Å². The maximum absolute atomic E-state index is 13.1. The Hall–Kier alpha value is -5.51. The van der Waals surface area contributed by atoms with Crippen molar-refractivity contribution in [1.82, 2.24) is 25.3 Å². The number of H-pyrrole nitrogens is 1. The minimum absolute atomic E-state index is 0.0589. The number of ether oxygens (including phenoxy) is 4. The molecule has 1 aliphatic rings. The number of thiophene rings is 1. The first kappa shape index (κ1) is 38.8. The van der Waals surface area contributed by atoms with E-state index >= 15 is 0 Å². The highest BCUT2D eigenvalue weighted by molar-refractivity contribution is 7.92. The number of aromatic nitrogens is 3. The lowest BCUT2D eigenvalue weighted by Gasteiger charge is -2.31. The van der Waals surface area contributed by atoms with E-state index in [4.69, 9.17) is 23.5 Å². The molecular formula is C39H41N7O8S2. The number of amides is 1. The molecule has 4 aromatic heterocycles. The van der Waals surface area contributed by atoms with Crippen LogP contribution in [0.4, 0.5) is 5.69 Å². The van der Waals surface area contributed by atoms with Gasteiger partial charge in [-0.3, -0.25) is 19.4 Å². The molecule has 17 heteroatoms. The summed E-state index contributed by atoms with van der Waals surface area (Å²) in [5, 5.41) is 18.9. The van der Waals surface area contributed by atoms with E-state index in [1.54, 1.807) is 54.1 Å². The number of rotatable bonds is 18. The molecule has 1 fully saturated rings. The number of nitrogens with zero attached hydrogens (tertiary/aromatic N) is 4. The molecule has 0 radical (unpaired) electrons. The number of anilines is 1. The molecule has 6 aromatic rings. The molecule has 0 saturated carbocycles. The third-order valence-electron chi connectivity index (χ3n) is 9.27. The predicted molar refractivity (Wildman–Crippen MR) is 209 cm³/mol. The first-order valence-corrected chi connectivity index (χ1v) is 20.5. The van der Waals surface area contributed by atoms with E-state index in [1.807, 2.05) is 24.4 Å². The molecule has 0 aliphatic carbocycles. The fourth-order valence-corrected chi connectivity index (χ4v) is 8.27. The Bertz CT molecular complexity index is 2410. The van der Waals surface area contributed by atoms with Crippen LogP contribution in [0.3, 0.4) is 0 Å². The summed E-state index contributed by atoms with van der Waals surface area (Å²) in [5.41, 5.74) is 3.86. The largest absolute Gasteiger partial charge is 0.489 e. The van der Waals surface area contributed by atoms with Crippen molar-refractivity contribution in [2.24, 2.45) is 0 Å². The number of fused-ring (bicyclic) bond motifs is 2. The number of pyridine rings is 1. The Labute approximate surface area is 327 Å². The highest BCUT2D eigenvalue weighted by Gasteiger charge is 2.23. The maximum Gasteiger partial charge on any atom is 0.261 e. The molecule has 1 saturated heterocycles. The summed E-state index contributed by atoms with van der Waals surface area (Å²) in [6, 6.07) is 17.5. The van der Waals surface area contributed by atoms with Gasteiger partial charge in [0.2, 0.25) is 5.91 Å². The van der Waals surface area contributed by atoms with Crippen LogP contribution in [0.2, 0.25) is 0 Å². The molecule has 292 valence electrons. The Morgan fingerprint density at radius 2 is 1.88 bits per heavy atom. The lowest BCUT2D eigenvalue weighted by Crippen LogP contribution is -2.37. The number of carbonyl (C=O) groups excluding carboxylic acids is 1. The smallest absolute Gasteiger partial charge is 0.261 e. The third-order valence-corrected chi connectivity index (χ3v) is 11.6. The van der Waals surface area contributed by atoms with Crippen molar-refractivity contribution in [2.45, 2.75) is 43.9 Å². The standard InChI is InChI=1S/C39H41N7O8S2/c1-26-2-7-32(38-37(26)28(21-40)23-43-38)45-56(48,49)31-5-3-27(4-6-31)22-42-35(47)25-51-16-15-50-17-18-52-36-20-30(54-44-36)24-46-13-9-29(10-14-46)53-34-8-12-41-33-11-19-55-39(33)34/h2-8,11-12,19-20,23,29,43,45H,9-10,13-18,22,24-25H2,1H3,(H,42,47). The molecule has 0 atom stereocenters. The zero-order valence-corrected chi connectivity index (χ0v) is 32.3. The van der Waals surface area contributed by atoms with E-state index in [9.17, 15) is 18.5 Å². The van der Waals surface area contributed by atoms with Crippen LogP contribution in [0.15, 0.2) is 81.8 Å². The molecule has 2 aromatic carbocycles. The van der Waals surface area contributed by atoms with Gasteiger partial charge in [0.25, 0.3) is 15.9 Å². The molecule has 0 bridgehead atoms. The average Bonchev–Trinajstić information content (AvgIpc) is 3.98. The van der Waals surface area contributed by atoms with Crippen LogP contribution in [0.25, 0.3) is 21.1 Å². The topological polar surface area (TPSA) is 194 Å². The number of piperidine rings is 1. The molecule has 15 nitrogen and oxygen atoms in total. The molecule has 0 spiro atoms. The number of nitrogens with one attached hydrogen (secondary N) is 3. The second kappa shape index (κ2) is 18.0. The number of hydrogen-bond acceptors (Lipinski definition) is 13. The summed E-state index contributed by atoms with van der Waals surface area (Å²) < 4.78 is 58.3. The third kappa shape index (κ3) is 9.64. The summed E-state index contributed by atoms with van der Waals surface area (Å²) >= 11 is 1.65. The summed E-state index contributed by atoms with van der Waals surface area (Å²) in [6.45, 7) is 5.42. The molecule has 7 rings (SSSR count). The Morgan fingerprint density at radius 3 is 2.70 bits per heavy atom. The molecular weight excluding hydrogens is 759 g/mol. The van der Waals surface area contributed by atoms with Crippen molar-refractivity contribution < 1.29 is 36.7 Å². The Kier molecular flexibility index (Phi) is 12.4. The highest BCUT2D eigenvalue weighted by atomic mass is 32.2. The maximum atomic E-state index is 13.1. The van der Waals surface area contributed by atoms with Gasteiger partial charge in [-0.15, -0.1) is 11.3 Å². The number of benzene rings is 2. The van der Waals surface area contributed by atoms with Crippen molar-refractivity contribution in [3.05, 3.63) is 94.8 Å². The fraction of sp³-hybridized carbons (Fsp3) is 0.333. The first-order valence-electron chi connectivity index (χ1n) is 18.1. The average molecular weight is 800 g/mol. The molecule has 56 heavy (non-hydrogen) atoms. The quantitative estimate of drug-likeness (QED) is 0.0924. The SMILES string of the molecule is Cc1ccc(NS(=O)(=O)c2ccc(CNC(=O)COCCOCCOc3cc(CN4CCC(Oc5ccnc6ccsc56)CC4)on3)cc2)c2[nH]cc(C#N)c12. The van der Waals surface area contributed by atoms with Gasteiger partial charge in [0.1, 0.15) is 31.1 Å². The van der Waals surface area contributed by atoms with Gasteiger partial charge in [0.15, 0.2) is 5.76 Å². The van der Waals surface area contributed by atoms with Crippen LogP contribution >= 0.6 is 11.3 Å². The van der Waals surface area contributed by atoms with E-state index in [1.165, 1.54) is 12.1 Å². The Balaban J connectivity index is 0.731. The number of sulfonamides is 1. The number of nitriles is 1. The monoisotopic (exact) mass is 799 g/mol. The van der Waals surface area contributed by atoms with E-state index in [0.29, 0.717) is 46.7 Å². The van der Waals surface area contributed by atoms with Gasteiger partial charge in [0.05, 0.1) is 58.2 Å². The minimum atomic E-state index is -3.91. The lowest BCUT2D eigenvalue weighted by molar-refractivity contribution is -0.126. The van der Waals surface area contributed by atoms with Crippen LogP contribution < -0.4 is 19.5 Å². The van der Waals surface area contributed by atoms with Crippen molar-refractivity contribution >= 4 is 54.1 Å². The van der Waals surface area contributed by atoms with Gasteiger partial charge in [0, 0.05) is 43.5 Å². The molecule has 5 heterocycles. The summed E-state index contributed by atoms with van der Waals surface area (Å²) in [6.07, 6.45) is 5.35. The van der Waals surface area contributed by atoms with Crippen LogP contribution in [0.5, 0.6) is 11.6 Å². The summed E-state index contributed by atoms with van der Waals surface area (Å²) in [5.74, 6) is 1.72. The summed E-state index contributed by atoms with van der Waals surface area (Å²) in [4.78, 5) is 22.0. The van der Waals surface area contributed by atoms with E-state index < -0.39 is 10.0 Å². The highest BCUT2D eigenvalue weighted by Crippen LogP contribution is 2.32. The summed E-state index contributed by atoms with van der Waals surface area (Å²) in [7, 11) is -3.91. The second-order valence-electron chi connectivity index (χ2n) is 13.2. The van der Waals surface area contributed by atoms with Gasteiger partial charge < -0.3 is 33.8 Å². The van der Waals surface area contributed by atoms with Crippen LogP contribution in [-0.2, 0) is 37.4 Å². The normalized spacial score (nSPS) is 13.9. The zero-order valence-electron chi connectivity index (χ0n) is 30.7. The van der Waals surface area contributed by atoms with Gasteiger partial charge >= 0.3 is 0 Å². The van der Waals surface area contributed by atoms with Crippen molar-refractivity contribution in [2.75, 3.05) is 50.8 Å². The van der Waals surface area contributed by atoms with Crippen LogP contribution in [-0.4, -0.2) is 86.6 Å². The number of carbonyl (C=O) groups is 1. The molecule has 3 N–H and O–H groups in total. The Morgan fingerprint density at radius 1 is 1.07 bits per heavy atom. The van der Waals surface area contributed by atoms with Gasteiger partial charge in [-0.2, -0.15) is 5.26 Å². The van der Waals surface area contributed by atoms with E-state index in [-0.39, 0.29) is 49.9 Å². The van der Waals surface area contributed by atoms with Crippen LogP contribution in [0.1, 0.15) is 35.3 Å². The first-order chi connectivity index (χ1) is 27.3. The number of aryl methyl sites for hydroxylation is 1. The number of hydrogen-bond donors (Lipinski definition) is 3. The minimum Gasteiger partial charge on any atom is -0.489 e. The van der Waals surface area contributed by atoms with E-state index in [0.717, 1.165) is 53.2 Å². The fourth-order valence-electron chi connectivity index (χ4n) is 6.39. The van der Waals surface area contributed by atoms with Gasteiger partial charge in [-0.25, -0.2) is 8.42 Å². The predicted octanol–water partition coefficient (Wildman–Crippen LogP) is 5.52. The van der Waals surface area contributed by atoms with Gasteiger partial charge in [-0.1, -0.05) is 18.2 Å². The number of aromatic amines is 1. The molecule has 1 amide bonds. The zero-order chi connectivity index (χ0) is 38.9.